The van der Waals surface area contributed by atoms with Crippen LogP contribution in [0.2, 0.25) is 0 Å². The fraction of sp³-hybridized carbons (Fsp3) is 0.304. The Bertz CT molecular complexity index is 1130. The summed E-state index contributed by atoms with van der Waals surface area (Å²) in [7, 11) is 0. The van der Waals surface area contributed by atoms with Crippen LogP contribution in [0.3, 0.4) is 0 Å². The lowest BCUT2D eigenvalue weighted by atomic mass is 10.2. The van der Waals surface area contributed by atoms with Gasteiger partial charge in [-0.3, -0.25) is 4.90 Å². The Hall–Kier alpha value is -2.83. The van der Waals surface area contributed by atoms with Gasteiger partial charge in [0.1, 0.15) is 5.82 Å². The van der Waals surface area contributed by atoms with Gasteiger partial charge in [0.15, 0.2) is 0 Å². The fourth-order valence-corrected chi connectivity index (χ4v) is 4.40. The van der Waals surface area contributed by atoms with Crippen molar-refractivity contribution in [2.45, 2.75) is 12.6 Å². The molecule has 2 aromatic carbocycles. The number of nitrogens with one attached hydrogen (secondary N) is 1. The molecule has 0 spiro atoms. The molecule has 3 heterocycles. The minimum atomic E-state index is -0.463. The number of benzene rings is 2. The molecule has 5 rings (SSSR count). The first-order valence-electron chi connectivity index (χ1n) is 10.1. The summed E-state index contributed by atoms with van der Waals surface area (Å²) in [5.74, 6) is -0.233. The number of fused-ring (bicyclic) bond motifs is 2. The van der Waals surface area contributed by atoms with E-state index in [1.165, 1.54) is 28.7 Å². The molecule has 0 saturated carbocycles. The number of aliphatic hydroxyl groups excluding tert-OH is 1. The smallest absolute Gasteiger partial charge is 0.123 e. The normalized spacial score (nSPS) is 16.7. The Morgan fingerprint density at radius 2 is 1.83 bits per heavy atom. The third-order valence-electron chi connectivity index (χ3n) is 5.89. The zero-order valence-corrected chi connectivity index (χ0v) is 16.3. The van der Waals surface area contributed by atoms with E-state index in [0.717, 1.165) is 37.1 Å². The molecule has 2 N–H and O–H groups in total. The molecule has 0 bridgehead atoms. The molecule has 150 valence electrons. The summed E-state index contributed by atoms with van der Waals surface area (Å²) in [5, 5.41) is 12.7. The van der Waals surface area contributed by atoms with Crippen LogP contribution >= 0.6 is 0 Å². The summed E-state index contributed by atoms with van der Waals surface area (Å²) < 4.78 is 15.4. The van der Waals surface area contributed by atoms with Crippen molar-refractivity contribution in [2.24, 2.45) is 0 Å². The highest BCUT2D eigenvalue weighted by Crippen LogP contribution is 2.27. The van der Waals surface area contributed by atoms with E-state index in [0.29, 0.717) is 13.1 Å². The lowest BCUT2D eigenvalue weighted by Crippen LogP contribution is -2.49. The highest BCUT2D eigenvalue weighted by molar-refractivity contribution is 5.92. The quantitative estimate of drug-likeness (QED) is 0.547. The monoisotopic (exact) mass is 392 g/mol. The number of aromatic nitrogens is 2. The maximum atomic E-state index is 13.4. The van der Waals surface area contributed by atoms with E-state index in [4.69, 9.17) is 0 Å². The highest BCUT2D eigenvalue weighted by atomic mass is 19.1. The fourth-order valence-electron chi connectivity index (χ4n) is 4.40. The number of hydrogen-bond donors (Lipinski definition) is 2. The van der Waals surface area contributed by atoms with Crippen molar-refractivity contribution in [1.82, 2.24) is 14.5 Å². The van der Waals surface area contributed by atoms with Gasteiger partial charge in [-0.2, -0.15) is 0 Å². The van der Waals surface area contributed by atoms with Crippen LogP contribution in [0, 0.1) is 5.82 Å². The van der Waals surface area contributed by atoms with Crippen LogP contribution in [0.5, 0.6) is 0 Å². The summed E-state index contributed by atoms with van der Waals surface area (Å²) in [6, 6.07) is 15.0. The summed E-state index contributed by atoms with van der Waals surface area (Å²) in [6.07, 6.45) is 3.55. The molecular formula is C23H25FN4O. The topological polar surface area (TPSA) is 47.4 Å². The van der Waals surface area contributed by atoms with Gasteiger partial charge in [-0.05, 0) is 30.3 Å². The Morgan fingerprint density at radius 1 is 1.00 bits per heavy atom. The Labute approximate surface area is 169 Å². The first kappa shape index (κ1) is 18.2. The number of H-pyrrole nitrogens is 1. The van der Waals surface area contributed by atoms with Crippen LogP contribution in [-0.4, -0.2) is 58.4 Å². The van der Waals surface area contributed by atoms with Gasteiger partial charge in [-0.25, -0.2) is 4.39 Å². The van der Waals surface area contributed by atoms with E-state index < -0.39 is 6.10 Å². The standard InChI is InChI=1S/C23H25FN4O/c24-18-5-6-22-17(13-18)7-8-28(22)16-19(29)15-26-9-11-27(12-10-26)23-14-25-21-4-2-1-3-20(21)23/h1-8,13-14,19,25,29H,9-12,15-16H2. The molecule has 1 unspecified atom stereocenters. The molecule has 1 aliphatic rings. The molecule has 1 saturated heterocycles. The molecular weight excluding hydrogens is 367 g/mol. The van der Waals surface area contributed by atoms with E-state index in [1.54, 1.807) is 6.07 Å². The Morgan fingerprint density at radius 3 is 2.69 bits per heavy atom. The van der Waals surface area contributed by atoms with Crippen molar-refractivity contribution in [3.8, 4) is 0 Å². The van der Waals surface area contributed by atoms with Gasteiger partial charge in [0.2, 0.25) is 0 Å². The van der Waals surface area contributed by atoms with Crippen LogP contribution < -0.4 is 4.90 Å². The third kappa shape index (κ3) is 3.61. The van der Waals surface area contributed by atoms with Gasteiger partial charge in [0.05, 0.1) is 11.8 Å². The average Bonchev–Trinajstić information content (AvgIpc) is 3.33. The zero-order valence-electron chi connectivity index (χ0n) is 16.3. The minimum absolute atomic E-state index is 0.233. The predicted molar refractivity (Wildman–Crippen MR) is 115 cm³/mol. The molecule has 29 heavy (non-hydrogen) atoms. The number of aliphatic hydroxyl groups is 1. The highest BCUT2D eigenvalue weighted by Gasteiger charge is 2.21. The van der Waals surface area contributed by atoms with E-state index in [9.17, 15) is 9.50 Å². The van der Waals surface area contributed by atoms with E-state index in [-0.39, 0.29) is 5.82 Å². The average molecular weight is 392 g/mol. The lowest BCUT2D eigenvalue weighted by Gasteiger charge is -2.36. The van der Waals surface area contributed by atoms with Gasteiger partial charge in [0.25, 0.3) is 0 Å². The molecule has 0 radical (unpaired) electrons. The number of β-amino-alcohol motifs (C(OH)–C–C–N with tert-alkyl or cyclic N) is 1. The lowest BCUT2D eigenvalue weighted by molar-refractivity contribution is 0.0960. The van der Waals surface area contributed by atoms with Gasteiger partial charge in [0, 0.05) is 73.5 Å². The largest absolute Gasteiger partial charge is 0.390 e. The van der Waals surface area contributed by atoms with Crippen molar-refractivity contribution in [1.29, 1.82) is 0 Å². The number of anilines is 1. The zero-order chi connectivity index (χ0) is 19.8. The van der Waals surface area contributed by atoms with Gasteiger partial charge >= 0.3 is 0 Å². The van der Waals surface area contributed by atoms with Crippen molar-refractivity contribution < 1.29 is 9.50 Å². The van der Waals surface area contributed by atoms with Crippen LogP contribution in [-0.2, 0) is 6.54 Å². The molecule has 1 fully saturated rings. The number of para-hydroxylation sites is 1. The molecule has 6 heteroatoms. The number of hydrogen-bond acceptors (Lipinski definition) is 3. The maximum Gasteiger partial charge on any atom is 0.123 e. The maximum absolute atomic E-state index is 13.4. The number of rotatable bonds is 5. The van der Waals surface area contributed by atoms with E-state index in [1.807, 2.05) is 22.9 Å². The van der Waals surface area contributed by atoms with Crippen molar-refractivity contribution in [3.05, 3.63) is 66.7 Å². The first-order chi connectivity index (χ1) is 14.2. The number of piperazine rings is 1. The van der Waals surface area contributed by atoms with Crippen LogP contribution in [0.4, 0.5) is 10.1 Å². The number of nitrogens with zero attached hydrogens (tertiary/aromatic N) is 3. The second-order valence-electron chi connectivity index (χ2n) is 7.83. The Kier molecular flexibility index (Phi) is 4.73. The van der Waals surface area contributed by atoms with Crippen molar-refractivity contribution in [3.63, 3.8) is 0 Å². The summed E-state index contributed by atoms with van der Waals surface area (Å²) in [5.41, 5.74) is 3.38. The summed E-state index contributed by atoms with van der Waals surface area (Å²) >= 11 is 0. The minimum Gasteiger partial charge on any atom is -0.390 e. The third-order valence-corrected chi connectivity index (χ3v) is 5.89. The van der Waals surface area contributed by atoms with Crippen LogP contribution in [0.15, 0.2) is 60.9 Å². The second-order valence-corrected chi connectivity index (χ2v) is 7.83. The molecule has 1 aliphatic heterocycles. The predicted octanol–water partition coefficient (Wildman–Crippen LogP) is 3.44. The molecule has 4 aromatic rings. The molecule has 0 aliphatic carbocycles. The van der Waals surface area contributed by atoms with Gasteiger partial charge < -0.3 is 19.6 Å². The van der Waals surface area contributed by atoms with Gasteiger partial charge in [-0.1, -0.05) is 18.2 Å². The van der Waals surface area contributed by atoms with Crippen LogP contribution in [0.1, 0.15) is 0 Å². The van der Waals surface area contributed by atoms with Crippen molar-refractivity contribution in [2.75, 3.05) is 37.6 Å². The molecule has 0 amide bonds. The summed E-state index contributed by atoms with van der Waals surface area (Å²) in [6.45, 7) is 4.89. The first-order valence-corrected chi connectivity index (χ1v) is 10.1. The number of aromatic amines is 1. The van der Waals surface area contributed by atoms with E-state index >= 15 is 0 Å². The Balaban J connectivity index is 1.19. The van der Waals surface area contributed by atoms with Gasteiger partial charge in [-0.15, -0.1) is 0 Å². The van der Waals surface area contributed by atoms with Crippen LogP contribution in [0.25, 0.3) is 21.8 Å². The molecule has 1 atom stereocenters. The van der Waals surface area contributed by atoms with Crippen molar-refractivity contribution >= 4 is 27.5 Å². The second kappa shape index (κ2) is 7.54. The molecule has 2 aromatic heterocycles. The SMILES string of the molecule is OC(CN1CCN(c2c[nH]c3ccccc23)CC1)Cn1ccc2cc(F)ccc21. The summed E-state index contributed by atoms with van der Waals surface area (Å²) in [4.78, 5) is 8.08. The number of halogens is 1. The van der Waals surface area contributed by atoms with E-state index in [2.05, 4.69) is 39.2 Å². The molecule has 5 nitrogen and oxygen atoms in total.